The van der Waals surface area contributed by atoms with Crippen molar-refractivity contribution in [1.82, 2.24) is 10.2 Å². The molecule has 220 valence electrons. The minimum atomic E-state index is -4.18. The van der Waals surface area contributed by atoms with Crippen LogP contribution in [0.5, 0.6) is 0 Å². The predicted octanol–water partition coefficient (Wildman–Crippen LogP) is 6.39. The molecule has 0 fully saturated rings. The first kappa shape index (κ1) is 32.4. The summed E-state index contributed by atoms with van der Waals surface area (Å²) in [4.78, 5) is 28.9. The average Bonchev–Trinajstić information content (AvgIpc) is 2.93. The number of hydrogen-bond donors (Lipinski definition) is 1. The van der Waals surface area contributed by atoms with Gasteiger partial charge in [-0.25, -0.2) is 8.42 Å². The highest BCUT2D eigenvalue weighted by molar-refractivity contribution is 7.92. The van der Waals surface area contributed by atoms with Crippen LogP contribution in [0.2, 0.25) is 10.0 Å². The molecule has 41 heavy (non-hydrogen) atoms. The third-order valence-electron chi connectivity index (χ3n) is 6.73. The molecule has 1 N–H and O–H groups in total. The van der Waals surface area contributed by atoms with Crippen LogP contribution in [0, 0.1) is 19.8 Å². The maximum atomic E-state index is 14.2. The number of carbonyl (C=O) groups is 2. The van der Waals surface area contributed by atoms with E-state index in [1.54, 1.807) is 61.5 Å². The Morgan fingerprint density at radius 1 is 0.927 bits per heavy atom. The summed E-state index contributed by atoms with van der Waals surface area (Å²) < 4.78 is 29.1. The Balaban J connectivity index is 2.08. The Labute approximate surface area is 253 Å². The summed E-state index contributed by atoms with van der Waals surface area (Å²) in [5, 5.41) is 3.84. The number of hydrogen-bond acceptors (Lipinski definition) is 4. The molecule has 0 heterocycles. The lowest BCUT2D eigenvalue weighted by Gasteiger charge is -2.33. The van der Waals surface area contributed by atoms with Crippen LogP contribution in [0.3, 0.4) is 0 Å². The number of rotatable bonds is 12. The van der Waals surface area contributed by atoms with Crippen molar-refractivity contribution < 1.29 is 18.0 Å². The second-order valence-corrected chi connectivity index (χ2v) is 13.1. The molecule has 0 aliphatic carbocycles. The lowest BCUT2D eigenvalue weighted by atomic mass is 10.1. The van der Waals surface area contributed by atoms with Crippen molar-refractivity contribution in [3.63, 3.8) is 0 Å². The number of aryl methyl sites for hydroxylation is 1. The molecular formula is C31H37Cl2N3O4S. The number of benzene rings is 3. The fraction of sp³-hybridized carbons (Fsp3) is 0.355. The van der Waals surface area contributed by atoms with Crippen molar-refractivity contribution in [2.45, 2.75) is 58.5 Å². The first-order valence-corrected chi connectivity index (χ1v) is 15.7. The summed E-state index contributed by atoms with van der Waals surface area (Å²) in [5.41, 5.74) is 2.46. The molecule has 0 saturated carbocycles. The van der Waals surface area contributed by atoms with Gasteiger partial charge in [0.1, 0.15) is 12.6 Å². The van der Waals surface area contributed by atoms with E-state index in [0.717, 1.165) is 15.4 Å². The quantitative estimate of drug-likeness (QED) is 0.255. The van der Waals surface area contributed by atoms with Gasteiger partial charge in [0, 0.05) is 23.1 Å². The molecule has 0 aliphatic rings. The van der Waals surface area contributed by atoms with Crippen LogP contribution in [0.25, 0.3) is 0 Å². The van der Waals surface area contributed by atoms with E-state index in [4.69, 9.17) is 23.2 Å². The zero-order chi connectivity index (χ0) is 30.3. The van der Waals surface area contributed by atoms with E-state index in [2.05, 4.69) is 5.32 Å². The summed E-state index contributed by atoms with van der Waals surface area (Å²) in [5.74, 6) is -0.602. The molecule has 3 aromatic rings. The van der Waals surface area contributed by atoms with Crippen LogP contribution in [0.15, 0.2) is 71.6 Å². The van der Waals surface area contributed by atoms with Crippen LogP contribution in [0.4, 0.5) is 5.69 Å². The van der Waals surface area contributed by atoms with Crippen molar-refractivity contribution in [2.75, 3.05) is 17.4 Å². The van der Waals surface area contributed by atoms with Crippen LogP contribution < -0.4 is 9.62 Å². The van der Waals surface area contributed by atoms with Gasteiger partial charge in [-0.1, -0.05) is 79.9 Å². The molecule has 3 rings (SSSR count). The molecule has 1 atom stereocenters. The van der Waals surface area contributed by atoms with E-state index in [-0.39, 0.29) is 29.0 Å². The minimum Gasteiger partial charge on any atom is -0.354 e. The van der Waals surface area contributed by atoms with Crippen LogP contribution in [-0.2, 0) is 26.2 Å². The molecule has 0 aliphatic heterocycles. The third kappa shape index (κ3) is 8.24. The number of nitrogens with one attached hydrogen (secondary N) is 1. The van der Waals surface area contributed by atoms with E-state index in [1.165, 1.54) is 17.0 Å². The van der Waals surface area contributed by atoms with Gasteiger partial charge in [0.2, 0.25) is 11.8 Å². The second kappa shape index (κ2) is 14.2. The monoisotopic (exact) mass is 617 g/mol. The van der Waals surface area contributed by atoms with Gasteiger partial charge in [0.25, 0.3) is 10.0 Å². The van der Waals surface area contributed by atoms with E-state index >= 15 is 0 Å². The van der Waals surface area contributed by atoms with E-state index in [0.29, 0.717) is 28.6 Å². The van der Waals surface area contributed by atoms with Crippen molar-refractivity contribution in [2.24, 2.45) is 5.92 Å². The number of carbonyl (C=O) groups excluding carboxylic acids is 2. The van der Waals surface area contributed by atoms with Crippen LogP contribution >= 0.6 is 23.2 Å². The molecule has 0 unspecified atom stereocenters. The van der Waals surface area contributed by atoms with Gasteiger partial charge in [-0.15, -0.1) is 0 Å². The number of anilines is 1. The molecule has 0 aromatic heterocycles. The Morgan fingerprint density at radius 2 is 1.56 bits per heavy atom. The molecule has 0 bridgehead atoms. The molecular weight excluding hydrogens is 581 g/mol. The molecule has 0 spiro atoms. The topological polar surface area (TPSA) is 86.8 Å². The largest absolute Gasteiger partial charge is 0.354 e. The molecule has 0 saturated heterocycles. The molecule has 2 amide bonds. The molecule has 10 heteroatoms. The number of amides is 2. The molecule has 3 aromatic carbocycles. The van der Waals surface area contributed by atoms with Gasteiger partial charge in [-0.3, -0.25) is 13.9 Å². The first-order valence-electron chi connectivity index (χ1n) is 13.5. The van der Waals surface area contributed by atoms with Gasteiger partial charge >= 0.3 is 0 Å². The van der Waals surface area contributed by atoms with Crippen molar-refractivity contribution in [3.05, 3.63) is 93.5 Å². The highest BCUT2D eigenvalue weighted by atomic mass is 35.5. The molecule has 0 radical (unpaired) electrons. The Bertz CT molecular complexity index is 1460. The van der Waals surface area contributed by atoms with E-state index < -0.39 is 28.5 Å². The number of nitrogens with zero attached hydrogens (tertiary/aromatic N) is 2. The maximum absolute atomic E-state index is 14.2. The summed E-state index contributed by atoms with van der Waals surface area (Å²) in [6, 6.07) is 17.5. The van der Waals surface area contributed by atoms with Crippen molar-refractivity contribution in [1.29, 1.82) is 0 Å². The summed E-state index contributed by atoms with van der Waals surface area (Å²) in [7, 11) is -4.18. The minimum absolute atomic E-state index is 0.0428. The van der Waals surface area contributed by atoms with Gasteiger partial charge in [0.15, 0.2) is 0 Å². The molecule has 7 nitrogen and oxygen atoms in total. The Kier molecular flexibility index (Phi) is 11.2. The summed E-state index contributed by atoms with van der Waals surface area (Å²) in [6.07, 6.45) is 0.337. The van der Waals surface area contributed by atoms with Gasteiger partial charge in [-0.2, -0.15) is 0 Å². The highest BCUT2D eigenvalue weighted by Gasteiger charge is 2.34. The summed E-state index contributed by atoms with van der Waals surface area (Å²) in [6.45, 7) is 9.38. The Morgan fingerprint density at radius 3 is 2.15 bits per heavy atom. The predicted molar refractivity (Wildman–Crippen MR) is 166 cm³/mol. The first-order chi connectivity index (χ1) is 19.3. The smallest absolute Gasteiger partial charge is 0.264 e. The SMILES string of the molecule is CC[C@@H](C(=O)NCC(C)C)N(Cc1ccc(Cl)cc1)C(=O)CN(c1cccc(Cl)c1C)S(=O)(=O)c1ccc(C)cc1. The zero-order valence-corrected chi connectivity index (χ0v) is 26.4. The van der Waals surface area contributed by atoms with Gasteiger partial charge in [0.05, 0.1) is 10.6 Å². The average molecular weight is 619 g/mol. The summed E-state index contributed by atoms with van der Waals surface area (Å²) >= 11 is 12.5. The number of halogens is 2. The Hall–Kier alpha value is -3.07. The fourth-order valence-corrected chi connectivity index (χ4v) is 6.11. The van der Waals surface area contributed by atoms with E-state index in [9.17, 15) is 18.0 Å². The highest BCUT2D eigenvalue weighted by Crippen LogP contribution is 2.31. The van der Waals surface area contributed by atoms with Crippen LogP contribution in [0.1, 0.15) is 43.9 Å². The number of sulfonamides is 1. The fourth-order valence-electron chi connectivity index (χ4n) is 4.35. The second-order valence-electron chi connectivity index (χ2n) is 10.4. The zero-order valence-electron chi connectivity index (χ0n) is 24.0. The standard InChI is InChI=1S/C31H37Cl2N3O4S/c1-6-28(31(38)34-18-21(2)3)35(19-24-12-14-25(32)15-13-24)30(37)20-36(29-9-7-8-27(33)23(29)5)41(39,40)26-16-10-22(4)11-17-26/h7-17,21,28H,6,18-20H2,1-5H3,(H,34,38)/t28-/m0/s1. The maximum Gasteiger partial charge on any atom is 0.264 e. The van der Waals surface area contributed by atoms with Crippen LogP contribution in [-0.4, -0.2) is 44.3 Å². The van der Waals surface area contributed by atoms with Gasteiger partial charge < -0.3 is 10.2 Å². The van der Waals surface area contributed by atoms with Crippen molar-refractivity contribution in [3.8, 4) is 0 Å². The normalized spacial score (nSPS) is 12.2. The van der Waals surface area contributed by atoms with Gasteiger partial charge in [-0.05, 0) is 73.7 Å². The lowest BCUT2D eigenvalue weighted by Crippen LogP contribution is -2.52. The van der Waals surface area contributed by atoms with E-state index in [1.807, 2.05) is 27.7 Å². The lowest BCUT2D eigenvalue weighted by molar-refractivity contribution is -0.140. The van der Waals surface area contributed by atoms with Crippen molar-refractivity contribution >= 4 is 50.7 Å². The third-order valence-corrected chi connectivity index (χ3v) is 9.17.